The zero-order chi connectivity index (χ0) is 55.0. The molecule has 7 unspecified atom stereocenters. The molecule has 5 heteroatoms. The van der Waals surface area contributed by atoms with Crippen molar-refractivity contribution in [3.63, 3.8) is 0 Å². The van der Waals surface area contributed by atoms with Gasteiger partial charge in [-0.15, -0.1) is 0 Å². The number of benzene rings is 7. The standard InChI is InChI=1S/C75H81BN4/c1-44-34-65-67-66(35-44)78-61-42-56-54(37-46(61)3)69(6,7)31-33-71(56,9)48-26-29-73(11)51-18-14-15-19-59(51)79(75(73,13)43-48)49-21-24-57(63(78)39-49)76(67)58-25-22-50-40-64(58)77(65)60-41-55-53(36-45(60)2)68(4,5)30-32-70(55,8)47-20-23-52-62(38-47)80(50)74(12)28-17-16-27-72(52,74)10/h14-15,18-25,34-42,48H,16-17,26-33,43H2,1-13H3. The van der Waals surface area contributed by atoms with Crippen LogP contribution >= 0.6 is 0 Å². The fourth-order valence-electron chi connectivity index (χ4n) is 20.4. The van der Waals surface area contributed by atoms with E-state index in [4.69, 9.17) is 0 Å². The number of nitrogens with zero attached hydrogens (tertiary/aromatic N) is 4. The zero-order valence-electron chi connectivity index (χ0n) is 50.2. The molecule has 404 valence electrons. The lowest BCUT2D eigenvalue weighted by Gasteiger charge is -2.58. The van der Waals surface area contributed by atoms with Crippen LogP contribution in [0.2, 0.25) is 0 Å². The Morgan fingerprint density at radius 2 is 1.00 bits per heavy atom. The number of rotatable bonds is 0. The quantitative estimate of drug-likeness (QED) is 0.140. The normalized spacial score (nSPS) is 31.3. The second-order valence-electron chi connectivity index (χ2n) is 30.5. The van der Waals surface area contributed by atoms with Crippen molar-refractivity contribution < 1.29 is 0 Å². The first-order valence-electron chi connectivity index (χ1n) is 31.2. The van der Waals surface area contributed by atoms with E-state index in [9.17, 15) is 0 Å². The molecule has 7 aromatic rings. The lowest BCUT2D eigenvalue weighted by atomic mass is 9.33. The Kier molecular flexibility index (Phi) is 9.03. The number of hydrogen-bond acceptors (Lipinski definition) is 4. The molecule has 2 saturated carbocycles. The van der Waals surface area contributed by atoms with Gasteiger partial charge in [-0.1, -0.05) is 123 Å². The maximum Gasteiger partial charge on any atom is 0.252 e. The smallest absolute Gasteiger partial charge is 0.252 e. The lowest BCUT2D eigenvalue weighted by Crippen LogP contribution is -2.62. The minimum Gasteiger partial charge on any atom is -0.334 e. The Morgan fingerprint density at radius 3 is 1.68 bits per heavy atom. The van der Waals surface area contributed by atoms with E-state index in [0.29, 0.717) is 5.92 Å². The maximum absolute atomic E-state index is 2.87. The largest absolute Gasteiger partial charge is 0.334 e. The summed E-state index contributed by atoms with van der Waals surface area (Å²) >= 11 is 0. The molecule has 0 N–H and O–H groups in total. The van der Waals surface area contributed by atoms with Gasteiger partial charge in [0.05, 0.1) is 11.1 Å². The number of hydrogen-bond donors (Lipinski definition) is 0. The maximum atomic E-state index is 2.87. The molecule has 4 aliphatic carbocycles. The van der Waals surface area contributed by atoms with Crippen molar-refractivity contribution in [1.29, 1.82) is 0 Å². The third-order valence-corrected chi connectivity index (χ3v) is 25.7. The highest BCUT2D eigenvalue weighted by molar-refractivity contribution is 7.00. The van der Waals surface area contributed by atoms with Gasteiger partial charge in [-0.2, -0.15) is 0 Å². The molecular formula is C75H81BN4. The Hall–Kier alpha value is -6.20. The summed E-state index contributed by atoms with van der Waals surface area (Å²) in [4.78, 5) is 11.3. The zero-order valence-corrected chi connectivity index (χ0v) is 50.2. The molecule has 0 radical (unpaired) electrons. The minimum atomic E-state index is -0.157. The molecule has 6 heterocycles. The molecule has 0 saturated heterocycles. The van der Waals surface area contributed by atoms with Gasteiger partial charge in [0, 0.05) is 73.1 Å². The van der Waals surface area contributed by atoms with Gasteiger partial charge in [-0.3, -0.25) is 0 Å². The summed E-state index contributed by atoms with van der Waals surface area (Å²) in [6.07, 6.45) is 13.2. The Labute approximate surface area is 478 Å². The van der Waals surface area contributed by atoms with Crippen LogP contribution in [0.5, 0.6) is 0 Å². The van der Waals surface area contributed by atoms with Crippen LogP contribution in [0.3, 0.4) is 0 Å². The first-order valence-corrected chi connectivity index (χ1v) is 31.2. The number of para-hydroxylation sites is 1. The SMILES string of the molecule is Cc1cc2c3c(c1)N1c4cc5c(cc4C)C(C)(C)CCC5(C)C4CCC5(C)c6ccccc6N(c6ccc(c1c6)B3c1ccc3cc1N2c1cc2c(cc1C)C(C)(C)CCC2(C)c1ccc2c(c1)N3C1(C)CCCCC21C)C5(C)C4. The van der Waals surface area contributed by atoms with Gasteiger partial charge in [0.25, 0.3) is 6.71 Å². The molecule has 4 nitrogen and oxygen atoms in total. The Morgan fingerprint density at radius 1 is 0.425 bits per heavy atom. The van der Waals surface area contributed by atoms with Gasteiger partial charge >= 0.3 is 0 Å². The van der Waals surface area contributed by atoms with Crippen molar-refractivity contribution in [1.82, 2.24) is 0 Å². The van der Waals surface area contributed by atoms with Gasteiger partial charge < -0.3 is 19.6 Å². The van der Waals surface area contributed by atoms with Gasteiger partial charge in [0.2, 0.25) is 0 Å². The fraction of sp³-hybridized carbons (Fsp3) is 0.440. The molecule has 0 aromatic heterocycles. The topological polar surface area (TPSA) is 13.0 Å². The summed E-state index contributed by atoms with van der Waals surface area (Å²) in [7, 11) is 0. The van der Waals surface area contributed by atoms with Gasteiger partial charge in [0.15, 0.2) is 0 Å². The van der Waals surface area contributed by atoms with Crippen molar-refractivity contribution >= 4 is 80.0 Å². The fourth-order valence-corrected chi connectivity index (χ4v) is 20.4. The lowest BCUT2D eigenvalue weighted by molar-refractivity contribution is 0.0840. The average Bonchev–Trinajstić information content (AvgIpc) is 3.64. The predicted octanol–water partition coefficient (Wildman–Crippen LogP) is 17.4. The molecule has 0 spiro atoms. The van der Waals surface area contributed by atoms with E-state index in [0.717, 1.165) is 19.3 Å². The average molecular weight is 1050 g/mol. The molecular weight excluding hydrogens is 968 g/mol. The van der Waals surface area contributed by atoms with Crippen LogP contribution in [-0.2, 0) is 32.5 Å². The van der Waals surface area contributed by atoms with Crippen LogP contribution < -0.4 is 36.0 Å². The van der Waals surface area contributed by atoms with E-state index >= 15 is 0 Å². The molecule has 12 bridgehead atoms. The summed E-state index contributed by atoms with van der Waals surface area (Å²) in [6, 6.07) is 48.9. The third kappa shape index (κ3) is 5.50. The van der Waals surface area contributed by atoms with Gasteiger partial charge in [-0.25, -0.2) is 0 Å². The summed E-state index contributed by atoms with van der Waals surface area (Å²) in [5.41, 5.74) is 32.3. The van der Waals surface area contributed by atoms with Crippen LogP contribution in [-0.4, -0.2) is 17.8 Å². The van der Waals surface area contributed by atoms with Crippen molar-refractivity contribution in [2.45, 2.75) is 204 Å². The van der Waals surface area contributed by atoms with Crippen LogP contribution in [0.4, 0.5) is 56.9 Å². The second-order valence-corrected chi connectivity index (χ2v) is 30.5. The summed E-state index contributed by atoms with van der Waals surface area (Å²) in [6.45, 7) is 33.2. The molecule has 80 heavy (non-hydrogen) atoms. The number of aryl methyl sites for hydroxylation is 3. The Balaban J connectivity index is 0.988. The van der Waals surface area contributed by atoms with E-state index in [1.54, 1.807) is 16.7 Å². The minimum absolute atomic E-state index is 0.0134. The number of anilines is 10. The second kappa shape index (κ2) is 14.9. The highest BCUT2D eigenvalue weighted by Crippen LogP contribution is 2.67. The van der Waals surface area contributed by atoms with Crippen molar-refractivity contribution in [2.75, 3.05) is 19.6 Å². The van der Waals surface area contributed by atoms with E-state index < -0.39 is 0 Å². The molecule has 10 aliphatic rings. The molecule has 2 fully saturated rings. The van der Waals surface area contributed by atoms with E-state index in [-0.39, 0.29) is 50.3 Å². The van der Waals surface area contributed by atoms with Crippen LogP contribution in [0.15, 0.2) is 115 Å². The predicted molar refractivity (Wildman–Crippen MR) is 337 cm³/mol. The molecule has 0 amide bonds. The first kappa shape index (κ1) is 48.5. The number of fused-ring (bicyclic) bond motifs is 22. The summed E-state index contributed by atoms with van der Waals surface area (Å²) < 4.78 is 0. The van der Waals surface area contributed by atoms with Crippen LogP contribution in [0, 0.1) is 26.7 Å². The molecule has 7 aromatic carbocycles. The van der Waals surface area contributed by atoms with Gasteiger partial charge in [0.1, 0.15) is 0 Å². The highest BCUT2D eigenvalue weighted by atomic mass is 15.3. The van der Waals surface area contributed by atoms with Crippen LogP contribution in [0.25, 0.3) is 0 Å². The van der Waals surface area contributed by atoms with E-state index in [1.165, 1.54) is 164 Å². The Bertz CT molecular complexity index is 3980. The van der Waals surface area contributed by atoms with Crippen molar-refractivity contribution in [2.24, 2.45) is 5.92 Å². The first-order chi connectivity index (χ1) is 38.0. The van der Waals surface area contributed by atoms with Crippen molar-refractivity contribution in [3.8, 4) is 0 Å². The summed E-state index contributed by atoms with van der Waals surface area (Å²) in [5, 5.41) is 0. The van der Waals surface area contributed by atoms with Gasteiger partial charge in [-0.05, 0) is 247 Å². The molecule has 7 atom stereocenters. The van der Waals surface area contributed by atoms with E-state index in [2.05, 4.69) is 225 Å². The molecule has 6 aliphatic heterocycles. The molecule has 17 rings (SSSR count). The van der Waals surface area contributed by atoms with Crippen LogP contribution in [0.1, 0.15) is 196 Å². The monoisotopic (exact) mass is 1050 g/mol. The summed E-state index contributed by atoms with van der Waals surface area (Å²) in [5.74, 6) is 0.547. The third-order valence-electron chi connectivity index (χ3n) is 25.7. The highest BCUT2D eigenvalue weighted by Gasteiger charge is 2.63. The van der Waals surface area contributed by atoms with E-state index in [1.807, 2.05) is 0 Å². The van der Waals surface area contributed by atoms with Crippen molar-refractivity contribution in [3.05, 3.63) is 171 Å².